The van der Waals surface area contributed by atoms with Gasteiger partial charge in [0.15, 0.2) is 5.54 Å². The molecule has 0 radical (unpaired) electrons. The third-order valence-electron chi connectivity index (χ3n) is 3.30. The van der Waals surface area contributed by atoms with Gasteiger partial charge in [0, 0.05) is 11.9 Å². The molecule has 104 valence electrons. The number of aryl methyl sites for hydroxylation is 1. The summed E-state index contributed by atoms with van der Waals surface area (Å²) < 4.78 is 4.94. The molecule has 1 aromatic heterocycles. The monoisotopic (exact) mass is 270 g/mol. The first-order valence-electron chi connectivity index (χ1n) is 6.41. The van der Waals surface area contributed by atoms with E-state index in [0.29, 0.717) is 5.69 Å². The largest absolute Gasteiger partial charge is 0.467 e. The number of pyridine rings is 1. The second-order valence-electron chi connectivity index (χ2n) is 4.77. The van der Waals surface area contributed by atoms with Crippen LogP contribution in [-0.4, -0.2) is 18.1 Å². The van der Waals surface area contributed by atoms with E-state index in [1.165, 1.54) is 7.11 Å². The maximum atomic E-state index is 12.2. The van der Waals surface area contributed by atoms with Crippen molar-refractivity contribution in [2.45, 2.75) is 19.4 Å². The maximum Gasteiger partial charge on any atom is 0.337 e. The Morgan fingerprint density at radius 1 is 1.20 bits per heavy atom. The second kappa shape index (κ2) is 5.74. The first kappa shape index (κ1) is 14.1. The van der Waals surface area contributed by atoms with Gasteiger partial charge in [-0.2, -0.15) is 0 Å². The van der Waals surface area contributed by atoms with Crippen LogP contribution in [0.4, 0.5) is 5.69 Å². The van der Waals surface area contributed by atoms with Crippen LogP contribution >= 0.6 is 0 Å². The van der Waals surface area contributed by atoms with Crippen LogP contribution in [0.25, 0.3) is 0 Å². The number of hydrogen-bond acceptors (Lipinski definition) is 4. The van der Waals surface area contributed by atoms with Crippen LogP contribution in [0, 0.1) is 6.92 Å². The molecule has 0 amide bonds. The van der Waals surface area contributed by atoms with Crippen molar-refractivity contribution in [3.05, 3.63) is 59.9 Å². The standard InChI is InChI=1S/C16H18N2O2/c1-12-8-4-5-9-13(12)18-16(2,15(19)20-3)14-10-6-7-11-17-14/h4-11,18H,1-3H3. The molecule has 1 atom stereocenters. The fraction of sp³-hybridized carbons (Fsp3) is 0.250. The van der Waals surface area contributed by atoms with Gasteiger partial charge in [-0.05, 0) is 37.6 Å². The molecule has 0 aliphatic carbocycles. The Kier molecular flexibility index (Phi) is 4.03. The lowest BCUT2D eigenvalue weighted by Gasteiger charge is -2.29. The van der Waals surface area contributed by atoms with Gasteiger partial charge in [0.2, 0.25) is 0 Å². The number of rotatable bonds is 4. The van der Waals surface area contributed by atoms with Gasteiger partial charge < -0.3 is 10.1 Å². The Hall–Kier alpha value is -2.36. The van der Waals surface area contributed by atoms with Gasteiger partial charge in [-0.1, -0.05) is 24.3 Å². The lowest BCUT2D eigenvalue weighted by Crippen LogP contribution is -2.42. The summed E-state index contributed by atoms with van der Waals surface area (Å²) in [5.41, 5.74) is 1.53. The van der Waals surface area contributed by atoms with E-state index in [1.54, 1.807) is 13.1 Å². The molecule has 20 heavy (non-hydrogen) atoms. The molecule has 0 aliphatic heterocycles. The second-order valence-corrected chi connectivity index (χ2v) is 4.77. The Balaban J connectivity index is 2.44. The number of aromatic nitrogens is 1. The van der Waals surface area contributed by atoms with Gasteiger partial charge in [-0.3, -0.25) is 4.98 Å². The summed E-state index contributed by atoms with van der Waals surface area (Å²) in [5.74, 6) is -0.376. The van der Waals surface area contributed by atoms with Crippen LogP contribution in [0.15, 0.2) is 48.7 Å². The van der Waals surface area contributed by atoms with Gasteiger partial charge in [-0.25, -0.2) is 4.79 Å². The van der Waals surface area contributed by atoms with Crippen molar-refractivity contribution in [1.82, 2.24) is 4.98 Å². The number of carbonyl (C=O) groups is 1. The maximum absolute atomic E-state index is 12.2. The molecule has 1 unspecified atom stereocenters. The van der Waals surface area contributed by atoms with E-state index >= 15 is 0 Å². The minimum absolute atomic E-state index is 0.376. The molecule has 4 nitrogen and oxygen atoms in total. The zero-order valence-corrected chi connectivity index (χ0v) is 11.9. The molecule has 2 rings (SSSR count). The molecular formula is C16H18N2O2. The summed E-state index contributed by atoms with van der Waals surface area (Å²) in [5, 5.41) is 3.25. The van der Waals surface area contributed by atoms with Crippen LogP contribution < -0.4 is 5.32 Å². The van der Waals surface area contributed by atoms with Crippen molar-refractivity contribution in [3.8, 4) is 0 Å². The molecule has 4 heteroatoms. The van der Waals surface area contributed by atoms with Crippen molar-refractivity contribution in [2.75, 3.05) is 12.4 Å². The van der Waals surface area contributed by atoms with Crippen LogP contribution in [0.3, 0.4) is 0 Å². The van der Waals surface area contributed by atoms with Gasteiger partial charge in [0.1, 0.15) is 0 Å². The molecule has 0 spiro atoms. The number of anilines is 1. The van der Waals surface area contributed by atoms with Crippen molar-refractivity contribution >= 4 is 11.7 Å². The van der Waals surface area contributed by atoms with Crippen LogP contribution in [0.5, 0.6) is 0 Å². The molecule has 2 aromatic rings. The number of para-hydroxylation sites is 1. The smallest absolute Gasteiger partial charge is 0.337 e. The van der Waals surface area contributed by atoms with Gasteiger partial charge in [0.25, 0.3) is 0 Å². The zero-order valence-electron chi connectivity index (χ0n) is 11.9. The van der Waals surface area contributed by atoms with E-state index in [2.05, 4.69) is 10.3 Å². The third kappa shape index (κ3) is 2.64. The topological polar surface area (TPSA) is 51.2 Å². The first-order valence-corrected chi connectivity index (χ1v) is 6.41. The number of carbonyl (C=O) groups excluding carboxylic acids is 1. The normalized spacial score (nSPS) is 13.3. The molecule has 0 aliphatic rings. The fourth-order valence-corrected chi connectivity index (χ4v) is 2.06. The highest BCUT2D eigenvalue weighted by Gasteiger charge is 2.38. The number of benzene rings is 1. The molecule has 0 saturated heterocycles. The van der Waals surface area contributed by atoms with Crippen molar-refractivity contribution in [1.29, 1.82) is 0 Å². The predicted molar refractivity (Wildman–Crippen MR) is 78.4 cm³/mol. The van der Waals surface area contributed by atoms with Crippen LogP contribution in [0.2, 0.25) is 0 Å². The number of nitrogens with one attached hydrogen (secondary N) is 1. The van der Waals surface area contributed by atoms with Crippen molar-refractivity contribution < 1.29 is 9.53 Å². The molecule has 0 fully saturated rings. The third-order valence-corrected chi connectivity index (χ3v) is 3.30. The lowest BCUT2D eigenvalue weighted by molar-refractivity contribution is -0.145. The molecule has 1 N–H and O–H groups in total. The number of methoxy groups -OCH3 is 1. The fourth-order valence-electron chi connectivity index (χ4n) is 2.06. The highest BCUT2D eigenvalue weighted by atomic mass is 16.5. The van der Waals surface area contributed by atoms with E-state index in [9.17, 15) is 4.79 Å². The van der Waals surface area contributed by atoms with Crippen LogP contribution in [-0.2, 0) is 15.1 Å². The number of hydrogen-bond donors (Lipinski definition) is 1. The number of nitrogens with zero attached hydrogens (tertiary/aromatic N) is 1. The summed E-state index contributed by atoms with van der Waals surface area (Å²) in [6, 6.07) is 13.3. The molecule has 0 saturated carbocycles. The van der Waals surface area contributed by atoms with Crippen LogP contribution in [0.1, 0.15) is 18.2 Å². The van der Waals surface area contributed by atoms with Crippen molar-refractivity contribution in [2.24, 2.45) is 0 Å². The average Bonchev–Trinajstić information content (AvgIpc) is 2.49. The summed E-state index contributed by atoms with van der Waals surface area (Å²) in [6.45, 7) is 3.76. The molecule has 1 aromatic carbocycles. The minimum Gasteiger partial charge on any atom is -0.467 e. The highest BCUT2D eigenvalue weighted by molar-refractivity contribution is 5.85. The minimum atomic E-state index is -1.03. The number of esters is 1. The van der Waals surface area contributed by atoms with E-state index < -0.39 is 5.54 Å². The Morgan fingerprint density at radius 2 is 1.90 bits per heavy atom. The summed E-state index contributed by atoms with van der Waals surface area (Å²) in [6.07, 6.45) is 1.66. The average molecular weight is 270 g/mol. The van der Waals surface area contributed by atoms with Gasteiger partial charge >= 0.3 is 5.97 Å². The molecule has 0 bridgehead atoms. The van der Waals surface area contributed by atoms with E-state index in [0.717, 1.165) is 11.3 Å². The van der Waals surface area contributed by atoms with Crippen molar-refractivity contribution in [3.63, 3.8) is 0 Å². The highest BCUT2D eigenvalue weighted by Crippen LogP contribution is 2.27. The molecule has 1 heterocycles. The van der Waals surface area contributed by atoms with E-state index in [-0.39, 0.29) is 5.97 Å². The SMILES string of the molecule is COC(=O)C(C)(Nc1ccccc1C)c1ccccn1. The van der Waals surface area contributed by atoms with Gasteiger partial charge in [0.05, 0.1) is 12.8 Å². The summed E-state index contributed by atoms with van der Waals surface area (Å²) in [7, 11) is 1.38. The molecular weight excluding hydrogens is 252 g/mol. The lowest BCUT2D eigenvalue weighted by atomic mass is 9.96. The van der Waals surface area contributed by atoms with E-state index in [1.807, 2.05) is 49.4 Å². The van der Waals surface area contributed by atoms with E-state index in [4.69, 9.17) is 4.74 Å². The summed E-state index contributed by atoms with van der Waals surface area (Å²) in [4.78, 5) is 16.5. The Bertz CT molecular complexity index is 598. The predicted octanol–water partition coefficient (Wildman–Crippen LogP) is 2.89. The zero-order chi connectivity index (χ0) is 14.6. The first-order chi connectivity index (χ1) is 9.58. The Labute approximate surface area is 118 Å². The summed E-state index contributed by atoms with van der Waals surface area (Å²) >= 11 is 0. The number of ether oxygens (including phenoxy) is 1. The quantitative estimate of drug-likeness (QED) is 0.868. The Morgan fingerprint density at radius 3 is 2.50 bits per heavy atom. The van der Waals surface area contributed by atoms with Gasteiger partial charge in [-0.15, -0.1) is 0 Å².